The molecule has 2 fully saturated rings. The summed E-state index contributed by atoms with van der Waals surface area (Å²) in [7, 11) is 0. The lowest BCUT2D eigenvalue weighted by Crippen LogP contribution is -2.35. The monoisotopic (exact) mass is 553 g/mol. The third-order valence-corrected chi connectivity index (χ3v) is 8.55. The van der Waals surface area contributed by atoms with Gasteiger partial charge in [-0.25, -0.2) is 19.3 Å². The molecule has 214 valence electrons. The SMILES string of the molecule is C=CCn1c(=O)c2cnc(Nc3ccc([C@H]4CC[C@@H](N5CCCC5)CC4)cc3)nc2n1-c1cccc(C(C)(C)O)n1. The van der Waals surface area contributed by atoms with Crippen LogP contribution in [-0.4, -0.2) is 53.5 Å². The summed E-state index contributed by atoms with van der Waals surface area (Å²) < 4.78 is 3.20. The van der Waals surface area contributed by atoms with E-state index in [1.165, 1.54) is 61.9 Å². The molecule has 4 aromatic rings. The number of allylic oxidation sites excluding steroid dienone is 1. The molecule has 1 aromatic carbocycles. The molecule has 0 radical (unpaired) electrons. The maximum atomic E-state index is 13.3. The molecule has 0 atom stereocenters. The van der Waals surface area contributed by atoms with Gasteiger partial charge in [-0.3, -0.25) is 4.79 Å². The van der Waals surface area contributed by atoms with Crippen LogP contribution in [0.15, 0.2) is 66.1 Å². The molecule has 9 heteroatoms. The standard InChI is InChI=1S/C32H39N7O2/c1-4-18-38-30(40)26-21-33-31(36-29(26)39(38)28-9-7-8-27(35-28)32(2,3)41)34-24-14-10-22(11-15-24)23-12-16-25(17-13-23)37-19-5-6-20-37/h4,7-11,14-15,21,23,25,41H,1,5-6,12-13,16-20H2,2-3H3,(H,33,34,36)/t23-,25+. The quantitative estimate of drug-likeness (QED) is 0.287. The molecule has 0 spiro atoms. The van der Waals surface area contributed by atoms with E-state index in [0.717, 1.165) is 11.7 Å². The second kappa shape index (κ2) is 11.2. The minimum atomic E-state index is -1.14. The van der Waals surface area contributed by atoms with Crippen LogP contribution in [-0.2, 0) is 12.1 Å². The van der Waals surface area contributed by atoms with Crippen LogP contribution in [0.1, 0.15) is 69.5 Å². The van der Waals surface area contributed by atoms with Crippen LogP contribution in [0.25, 0.3) is 16.9 Å². The number of anilines is 2. The number of hydrogen-bond donors (Lipinski definition) is 2. The van der Waals surface area contributed by atoms with Crippen molar-refractivity contribution in [3.8, 4) is 5.82 Å². The number of nitrogens with zero attached hydrogens (tertiary/aromatic N) is 6. The highest BCUT2D eigenvalue weighted by Gasteiger charge is 2.28. The van der Waals surface area contributed by atoms with Gasteiger partial charge in [0.2, 0.25) is 5.95 Å². The first-order chi connectivity index (χ1) is 19.8. The van der Waals surface area contributed by atoms with E-state index in [-0.39, 0.29) is 12.1 Å². The highest BCUT2D eigenvalue weighted by Crippen LogP contribution is 2.36. The molecule has 1 aliphatic heterocycles. The smallest absolute Gasteiger partial charge is 0.278 e. The van der Waals surface area contributed by atoms with E-state index in [1.54, 1.807) is 42.9 Å². The Labute approximate surface area is 240 Å². The first-order valence-corrected chi connectivity index (χ1v) is 14.7. The highest BCUT2D eigenvalue weighted by molar-refractivity contribution is 5.77. The number of likely N-dealkylation sites (tertiary alicyclic amines) is 1. The Morgan fingerprint density at radius 3 is 2.46 bits per heavy atom. The average Bonchev–Trinajstić information content (AvgIpc) is 3.61. The molecule has 2 N–H and O–H groups in total. The fourth-order valence-electron chi connectivity index (χ4n) is 6.34. The summed E-state index contributed by atoms with van der Waals surface area (Å²) in [5.74, 6) is 1.48. The summed E-state index contributed by atoms with van der Waals surface area (Å²) in [6, 6.07) is 14.7. The minimum Gasteiger partial charge on any atom is -0.384 e. The summed E-state index contributed by atoms with van der Waals surface area (Å²) in [5.41, 5.74) is 1.84. The first kappa shape index (κ1) is 27.4. The molecule has 2 aliphatic rings. The predicted molar refractivity (Wildman–Crippen MR) is 162 cm³/mol. The number of rotatable bonds is 8. The molecule has 41 heavy (non-hydrogen) atoms. The first-order valence-electron chi connectivity index (χ1n) is 14.7. The van der Waals surface area contributed by atoms with E-state index >= 15 is 0 Å². The fraction of sp³-hybridized carbons (Fsp3) is 0.438. The summed E-state index contributed by atoms with van der Waals surface area (Å²) in [4.78, 5) is 29.8. The maximum Gasteiger partial charge on any atom is 0.278 e. The number of aliphatic hydroxyl groups is 1. The lowest BCUT2D eigenvalue weighted by molar-refractivity contribution is 0.0738. The number of fused-ring (bicyclic) bond motifs is 1. The molecule has 4 heterocycles. The normalized spacial score (nSPS) is 20.0. The number of aromatic nitrogens is 5. The zero-order valence-electron chi connectivity index (χ0n) is 24.0. The van der Waals surface area contributed by atoms with Gasteiger partial charge in [0.25, 0.3) is 5.56 Å². The van der Waals surface area contributed by atoms with Crippen molar-refractivity contribution in [3.05, 3.63) is 82.9 Å². The van der Waals surface area contributed by atoms with Crippen molar-refractivity contribution in [2.24, 2.45) is 0 Å². The Bertz CT molecular complexity index is 1590. The van der Waals surface area contributed by atoms with Gasteiger partial charge in [-0.15, -0.1) is 6.58 Å². The van der Waals surface area contributed by atoms with Crippen molar-refractivity contribution in [1.82, 2.24) is 29.2 Å². The minimum absolute atomic E-state index is 0.231. The molecule has 1 saturated heterocycles. The molecule has 0 unspecified atom stereocenters. The Balaban J connectivity index is 1.24. The van der Waals surface area contributed by atoms with Gasteiger partial charge in [0.1, 0.15) is 11.0 Å². The molecule has 1 aliphatic carbocycles. The van der Waals surface area contributed by atoms with Crippen LogP contribution >= 0.6 is 0 Å². The second-order valence-corrected chi connectivity index (χ2v) is 11.9. The lowest BCUT2D eigenvalue weighted by atomic mass is 9.81. The summed E-state index contributed by atoms with van der Waals surface area (Å²) in [5, 5.41) is 14.2. The van der Waals surface area contributed by atoms with Gasteiger partial charge in [-0.2, -0.15) is 4.98 Å². The molecule has 0 bridgehead atoms. The van der Waals surface area contributed by atoms with E-state index in [4.69, 9.17) is 4.98 Å². The Morgan fingerprint density at radius 1 is 1.05 bits per heavy atom. The van der Waals surface area contributed by atoms with Crippen LogP contribution in [0.2, 0.25) is 0 Å². The van der Waals surface area contributed by atoms with Crippen molar-refractivity contribution in [2.45, 2.75) is 76.5 Å². The third kappa shape index (κ3) is 5.56. The Kier molecular flexibility index (Phi) is 7.48. The van der Waals surface area contributed by atoms with Crippen LogP contribution in [0.5, 0.6) is 0 Å². The largest absolute Gasteiger partial charge is 0.384 e. The second-order valence-electron chi connectivity index (χ2n) is 11.9. The molecule has 3 aromatic heterocycles. The third-order valence-electron chi connectivity index (χ3n) is 8.55. The summed E-state index contributed by atoms with van der Waals surface area (Å²) >= 11 is 0. The van der Waals surface area contributed by atoms with Gasteiger partial charge >= 0.3 is 0 Å². The zero-order valence-corrected chi connectivity index (χ0v) is 24.0. The van der Waals surface area contributed by atoms with Crippen LogP contribution in [0.4, 0.5) is 11.6 Å². The van der Waals surface area contributed by atoms with Gasteiger partial charge in [-0.05, 0) is 101 Å². The molecule has 0 amide bonds. The van der Waals surface area contributed by atoms with E-state index in [0.29, 0.717) is 34.4 Å². The van der Waals surface area contributed by atoms with Gasteiger partial charge < -0.3 is 15.3 Å². The van der Waals surface area contributed by atoms with Crippen molar-refractivity contribution >= 4 is 22.7 Å². The van der Waals surface area contributed by atoms with Crippen LogP contribution in [0.3, 0.4) is 0 Å². The van der Waals surface area contributed by atoms with Crippen molar-refractivity contribution in [3.63, 3.8) is 0 Å². The number of benzene rings is 1. The maximum absolute atomic E-state index is 13.3. The zero-order chi connectivity index (χ0) is 28.6. The Hall–Kier alpha value is -3.82. The average molecular weight is 554 g/mol. The molecule has 9 nitrogen and oxygen atoms in total. The van der Waals surface area contributed by atoms with Crippen LogP contribution < -0.4 is 10.9 Å². The Morgan fingerprint density at radius 2 is 1.78 bits per heavy atom. The van der Waals surface area contributed by atoms with E-state index in [9.17, 15) is 9.90 Å². The molecular weight excluding hydrogens is 514 g/mol. The fourth-order valence-corrected chi connectivity index (χ4v) is 6.34. The van der Waals surface area contributed by atoms with E-state index < -0.39 is 5.60 Å². The number of hydrogen-bond acceptors (Lipinski definition) is 7. The predicted octanol–water partition coefficient (Wildman–Crippen LogP) is 5.26. The van der Waals surface area contributed by atoms with Crippen molar-refractivity contribution in [1.29, 1.82) is 0 Å². The topological polar surface area (TPSA) is 101 Å². The molecular formula is C32H39N7O2. The van der Waals surface area contributed by atoms with Gasteiger partial charge in [0.05, 0.1) is 12.2 Å². The summed E-state index contributed by atoms with van der Waals surface area (Å²) in [6.45, 7) is 10.0. The van der Waals surface area contributed by atoms with Gasteiger partial charge in [-0.1, -0.05) is 24.3 Å². The van der Waals surface area contributed by atoms with Crippen molar-refractivity contribution in [2.75, 3.05) is 18.4 Å². The molecule has 6 rings (SSSR count). The number of nitrogens with one attached hydrogen (secondary N) is 1. The van der Waals surface area contributed by atoms with Gasteiger partial charge in [0.15, 0.2) is 11.5 Å². The van der Waals surface area contributed by atoms with E-state index in [1.807, 2.05) is 6.07 Å². The number of pyridine rings is 1. The van der Waals surface area contributed by atoms with E-state index in [2.05, 4.69) is 51.0 Å². The summed E-state index contributed by atoms with van der Waals surface area (Å²) in [6.07, 6.45) is 11.0. The molecule has 1 saturated carbocycles. The van der Waals surface area contributed by atoms with Crippen molar-refractivity contribution < 1.29 is 5.11 Å². The van der Waals surface area contributed by atoms with Crippen LogP contribution in [0, 0.1) is 0 Å². The highest BCUT2D eigenvalue weighted by atomic mass is 16.3. The van der Waals surface area contributed by atoms with Gasteiger partial charge in [0, 0.05) is 17.9 Å². The lowest BCUT2D eigenvalue weighted by Gasteiger charge is -2.34.